The van der Waals surface area contributed by atoms with Gasteiger partial charge in [0, 0.05) is 5.92 Å². The number of rotatable bonds is 5. The smallest absolute Gasteiger partial charge is 0.321 e. The molecule has 0 saturated heterocycles. The molecule has 0 aromatic heterocycles. The van der Waals surface area contributed by atoms with E-state index in [9.17, 15) is 9.59 Å². The third-order valence-electron chi connectivity index (χ3n) is 2.50. The van der Waals surface area contributed by atoms with Gasteiger partial charge < -0.3 is 9.47 Å². The predicted octanol–water partition coefficient (Wildman–Crippen LogP) is 1.72. The lowest BCUT2D eigenvalue weighted by molar-refractivity contribution is -0.160. The summed E-state index contributed by atoms with van der Waals surface area (Å²) in [4.78, 5) is 23.1. The van der Waals surface area contributed by atoms with Crippen LogP contribution in [0.3, 0.4) is 0 Å². The van der Waals surface area contributed by atoms with E-state index >= 15 is 0 Å². The van der Waals surface area contributed by atoms with Crippen LogP contribution in [0.1, 0.15) is 13.8 Å². The molecule has 4 heteroatoms. The van der Waals surface area contributed by atoms with Crippen LogP contribution in [0.15, 0.2) is 24.3 Å². The van der Waals surface area contributed by atoms with Gasteiger partial charge in [-0.15, -0.1) is 6.58 Å². The molecule has 4 nitrogen and oxygen atoms in total. The van der Waals surface area contributed by atoms with Gasteiger partial charge in [0.25, 0.3) is 0 Å². The normalized spacial score (nSPS) is 13.2. The standard InChI is InChI=1S/C12H18O4/c1-6-8(3)9(7-2)10(11(13)15-4)12(14)16-5/h6-7,9-10H,2H2,1,3-5H3/b8-6+/t9-/m0/s1. The minimum Gasteiger partial charge on any atom is -0.468 e. The molecule has 0 aliphatic rings. The van der Waals surface area contributed by atoms with Crippen molar-refractivity contribution in [1.29, 1.82) is 0 Å². The Kier molecular flexibility index (Phi) is 6.15. The van der Waals surface area contributed by atoms with E-state index in [1.165, 1.54) is 14.2 Å². The quantitative estimate of drug-likeness (QED) is 0.407. The Labute approximate surface area is 95.9 Å². The van der Waals surface area contributed by atoms with Crippen molar-refractivity contribution in [3.05, 3.63) is 24.3 Å². The van der Waals surface area contributed by atoms with Gasteiger partial charge in [0.05, 0.1) is 14.2 Å². The molecule has 0 amide bonds. The Bertz CT molecular complexity index is 288. The maximum atomic E-state index is 11.5. The molecule has 0 spiro atoms. The zero-order valence-electron chi connectivity index (χ0n) is 10.1. The molecule has 0 heterocycles. The van der Waals surface area contributed by atoms with Gasteiger partial charge in [-0.05, 0) is 13.8 Å². The third kappa shape index (κ3) is 3.22. The fourth-order valence-corrected chi connectivity index (χ4v) is 1.42. The predicted molar refractivity (Wildman–Crippen MR) is 60.6 cm³/mol. The Morgan fingerprint density at radius 2 is 1.62 bits per heavy atom. The summed E-state index contributed by atoms with van der Waals surface area (Å²) in [6.07, 6.45) is 3.37. The van der Waals surface area contributed by atoms with Gasteiger partial charge in [0.2, 0.25) is 0 Å². The van der Waals surface area contributed by atoms with E-state index in [4.69, 9.17) is 0 Å². The van der Waals surface area contributed by atoms with Crippen LogP contribution in [0.2, 0.25) is 0 Å². The molecule has 0 aliphatic heterocycles. The summed E-state index contributed by atoms with van der Waals surface area (Å²) in [5.74, 6) is -2.61. The number of ether oxygens (including phenoxy) is 2. The summed E-state index contributed by atoms with van der Waals surface area (Å²) in [6.45, 7) is 7.28. The summed E-state index contributed by atoms with van der Waals surface area (Å²) in [6, 6.07) is 0. The molecule has 1 atom stereocenters. The van der Waals surface area contributed by atoms with E-state index in [0.29, 0.717) is 0 Å². The molecule has 0 aliphatic carbocycles. The lowest BCUT2D eigenvalue weighted by atomic mass is 9.86. The molecular formula is C12H18O4. The van der Waals surface area contributed by atoms with Crippen LogP contribution in [-0.2, 0) is 19.1 Å². The molecular weight excluding hydrogens is 208 g/mol. The number of esters is 2. The van der Waals surface area contributed by atoms with Crippen molar-refractivity contribution >= 4 is 11.9 Å². The van der Waals surface area contributed by atoms with Gasteiger partial charge >= 0.3 is 11.9 Å². The maximum Gasteiger partial charge on any atom is 0.321 e. The van der Waals surface area contributed by atoms with Crippen molar-refractivity contribution in [3.8, 4) is 0 Å². The Balaban J connectivity index is 5.22. The van der Waals surface area contributed by atoms with Crippen molar-refractivity contribution in [2.24, 2.45) is 11.8 Å². The minimum absolute atomic E-state index is 0.398. The Morgan fingerprint density at radius 3 is 1.88 bits per heavy atom. The highest BCUT2D eigenvalue weighted by molar-refractivity contribution is 5.95. The minimum atomic E-state index is -0.983. The van der Waals surface area contributed by atoms with Crippen LogP contribution in [0, 0.1) is 11.8 Å². The largest absolute Gasteiger partial charge is 0.468 e. The molecule has 90 valence electrons. The SMILES string of the molecule is C=C[C@@H](/C(C)=C/C)C(C(=O)OC)C(=O)OC. The summed E-state index contributed by atoms with van der Waals surface area (Å²) in [5.41, 5.74) is 0.871. The van der Waals surface area contributed by atoms with Crippen molar-refractivity contribution < 1.29 is 19.1 Å². The fraction of sp³-hybridized carbons (Fsp3) is 0.500. The average Bonchev–Trinajstić information content (AvgIpc) is 2.32. The molecule has 0 unspecified atom stereocenters. The number of methoxy groups -OCH3 is 2. The second-order valence-corrected chi connectivity index (χ2v) is 3.32. The van der Waals surface area contributed by atoms with Crippen molar-refractivity contribution in [2.75, 3.05) is 14.2 Å². The summed E-state index contributed by atoms with van der Waals surface area (Å²) in [5, 5.41) is 0. The molecule has 0 fully saturated rings. The van der Waals surface area contributed by atoms with Gasteiger partial charge in [-0.3, -0.25) is 9.59 Å². The number of hydrogen-bond acceptors (Lipinski definition) is 4. The van der Waals surface area contributed by atoms with Crippen LogP contribution in [-0.4, -0.2) is 26.2 Å². The third-order valence-corrected chi connectivity index (χ3v) is 2.50. The Hall–Kier alpha value is -1.58. The van der Waals surface area contributed by atoms with Crippen LogP contribution in [0.25, 0.3) is 0 Å². The molecule has 0 aromatic carbocycles. The second kappa shape index (κ2) is 6.82. The maximum absolute atomic E-state index is 11.5. The first-order chi connectivity index (χ1) is 7.53. The summed E-state index contributed by atoms with van der Waals surface area (Å²) < 4.78 is 9.20. The van der Waals surface area contributed by atoms with Crippen molar-refractivity contribution in [3.63, 3.8) is 0 Å². The first-order valence-corrected chi connectivity index (χ1v) is 4.94. The van der Waals surface area contributed by atoms with Gasteiger partial charge in [-0.1, -0.05) is 17.7 Å². The monoisotopic (exact) mass is 226 g/mol. The van der Waals surface area contributed by atoms with E-state index in [2.05, 4.69) is 16.1 Å². The molecule has 0 aromatic rings. The highest BCUT2D eigenvalue weighted by Crippen LogP contribution is 2.24. The van der Waals surface area contributed by atoms with E-state index in [1.54, 1.807) is 6.08 Å². The number of hydrogen-bond donors (Lipinski definition) is 0. The van der Waals surface area contributed by atoms with Crippen LogP contribution in [0.5, 0.6) is 0 Å². The molecule has 0 rings (SSSR count). The Morgan fingerprint density at radius 1 is 1.19 bits per heavy atom. The van der Waals surface area contributed by atoms with Crippen molar-refractivity contribution in [2.45, 2.75) is 13.8 Å². The number of carbonyl (C=O) groups excluding carboxylic acids is 2. The highest BCUT2D eigenvalue weighted by Gasteiger charge is 2.35. The van der Waals surface area contributed by atoms with Gasteiger partial charge in [0.1, 0.15) is 0 Å². The van der Waals surface area contributed by atoms with Gasteiger partial charge in [-0.25, -0.2) is 0 Å². The number of carbonyl (C=O) groups is 2. The molecule has 0 N–H and O–H groups in total. The van der Waals surface area contributed by atoms with E-state index < -0.39 is 23.8 Å². The van der Waals surface area contributed by atoms with E-state index in [-0.39, 0.29) is 0 Å². The number of allylic oxidation sites excluding steroid dienone is 3. The molecule has 0 radical (unpaired) electrons. The first kappa shape index (κ1) is 14.4. The van der Waals surface area contributed by atoms with Gasteiger partial charge in [0.15, 0.2) is 5.92 Å². The zero-order valence-corrected chi connectivity index (χ0v) is 10.1. The summed E-state index contributed by atoms with van der Waals surface area (Å²) in [7, 11) is 2.48. The van der Waals surface area contributed by atoms with Crippen LogP contribution < -0.4 is 0 Å². The van der Waals surface area contributed by atoms with Gasteiger partial charge in [-0.2, -0.15) is 0 Å². The highest BCUT2D eigenvalue weighted by atomic mass is 16.5. The molecule has 0 bridgehead atoms. The fourth-order valence-electron chi connectivity index (χ4n) is 1.42. The second-order valence-electron chi connectivity index (χ2n) is 3.32. The van der Waals surface area contributed by atoms with Crippen LogP contribution >= 0.6 is 0 Å². The van der Waals surface area contributed by atoms with Crippen LogP contribution in [0.4, 0.5) is 0 Å². The lowest BCUT2D eigenvalue weighted by Gasteiger charge is -2.20. The first-order valence-electron chi connectivity index (χ1n) is 4.94. The van der Waals surface area contributed by atoms with Crippen molar-refractivity contribution in [1.82, 2.24) is 0 Å². The molecule has 0 saturated carbocycles. The van der Waals surface area contributed by atoms with E-state index in [0.717, 1.165) is 5.57 Å². The lowest BCUT2D eigenvalue weighted by Crippen LogP contribution is -2.33. The summed E-state index contributed by atoms with van der Waals surface area (Å²) >= 11 is 0. The molecule has 16 heavy (non-hydrogen) atoms. The topological polar surface area (TPSA) is 52.6 Å². The van der Waals surface area contributed by atoms with E-state index in [1.807, 2.05) is 19.9 Å². The zero-order chi connectivity index (χ0) is 12.7. The average molecular weight is 226 g/mol.